The summed E-state index contributed by atoms with van der Waals surface area (Å²) in [4.78, 5) is 15.1. The van der Waals surface area contributed by atoms with Gasteiger partial charge in [-0.2, -0.15) is 0 Å². The molecule has 0 fully saturated rings. The van der Waals surface area contributed by atoms with Crippen LogP contribution in [-0.4, -0.2) is 31.9 Å². The first-order valence-corrected chi connectivity index (χ1v) is 7.03. The summed E-state index contributed by atoms with van der Waals surface area (Å²) in [5, 5.41) is 8.36. The normalized spacial score (nSPS) is 11.2. The summed E-state index contributed by atoms with van der Waals surface area (Å²) in [7, 11) is -3.22. The van der Waals surface area contributed by atoms with Gasteiger partial charge in [0.25, 0.3) is 0 Å². The number of rotatable bonds is 7. The van der Waals surface area contributed by atoms with Gasteiger partial charge in [0.1, 0.15) is 0 Å². The maximum absolute atomic E-state index is 11.7. The van der Waals surface area contributed by atoms with Crippen LogP contribution in [-0.2, 0) is 19.5 Å². The fraction of sp³-hybridized carbons (Fsp3) is 0.364. The van der Waals surface area contributed by atoms with Crippen molar-refractivity contribution in [2.75, 3.05) is 17.8 Å². The van der Waals surface area contributed by atoms with Crippen molar-refractivity contribution >= 4 is 21.5 Å². The van der Waals surface area contributed by atoms with E-state index in [0.29, 0.717) is 12.1 Å². The van der Waals surface area contributed by atoms with Crippen molar-refractivity contribution < 1.29 is 23.2 Å². The van der Waals surface area contributed by atoms with Crippen LogP contribution in [0.15, 0.2) is 29.2 Å². The Morgan fingerprint density at radius 3 is 2.44 bits per heavy atom. The lowest BCUT2D eigenvalue weighted by molar-refractivity contribution is -0.141. The molecule has 6 nitrogen and oxygen atoms in total. The molecule has 0 atom stereocenters. The lowest BCUT2D eigenvalue weighted by Crippen LogP contribution is -2.11. The van der Waals surface area contributed by atoms with Crippen LogP contribution in [0.25, 0.3) is 0 Å². The van der Waals surface area contributed by atoms with Gasteiger partial charge in [-0.15, -0.1) is 0 Å². The second-order valence-electron chi connectivity index (χ2n) is 3.63. The molecular formula is C11H15NO5S. The summed E-state index contributed by atoms with van der Waals surface area (Å²) >= 11 is 0. The van der Waals surface area contributed by atoms with Crippen LogP contribution in [0.3, 0.4) is 0 Å². The Balaban J connectivity index is 2.65. The van der Waals surface area contributed by atoms with E-state index < -0.39 is 22.4 Å². The van der Waals surface area contributed by atoms with E-state index in [9.17, 15) is 13.2 Å². The molecule has 0 saturated heterocycles. The summed E-state index contributed by atoms with van der Waals surface area (Å²) in [6.07, 6.45) is 0.560. The lowest BCUT2D eigenvalue weighted by Gasteiger charge is -2.06. The molecule has 0 spiro atoms. The van der Waals surface area contributed by atoms with E-state index in [-0.39, 0.29) is 10.6 Å². The highest BCUT2D eigenvalue weighted by Gasteiger charge is 2.12. The number of carboxylic acid groups (broad SMARTS) is 1. The second kappa shape index (κ2) is 6.36. The van der Waals surface area contributed by atoms with Gasteiger partial charge in [0.15, 0.2) is 16.4 Å². The van der Waals surface area contributed by atoms with Gasteiger partial charge in [-0.05, 0) is 30.7 Å². The average molecular weight is 273 g/mol. The van der Waals surface area contributed by atoms with Gasteiger partial charge in [-0.1, -0.05) is 6.92 Å². The molecule has 7 heteroatoms. The molecule has 0 aliphatic heterocycles. The molecule has 0 unspecified atom stereocenters. The van der Waals surface area contributed by atoms with Crippen molar-refractivity contribution in [2.45, 2.75) is 18.2 Å². The number of anilines is 1. The molecule has 2 N–H and O–H groups in total. The topological polar surface area (TPSA) is 92.7 Å². The van der Waals surface area contributed by atoms with E-state index in [1.165, 1.54) is 24.3 Å². The van der Waals surface area contributed by atoms with E-state index in [0.717, 1.165) is 0 Å². The number of sulfone groups is 1. The quantitative estimate of drug-likeness (QED) is 0.727. The van der Waals surface area contributed by atoms with Gasteiger partial charge in [-0.25, -0.2) is 13.2 Å². The lowest BCUT2D eigenvalue weighted by atomic mass is 10.3. The van der Waals surface area contributed by atoms with E-state index in [4.69, 9.17) is 5.11 Å². The van der Waals surface area contributed by atoms with Crippen molar-refractivity contribution in [3.05, 3.63) is 24.3 Å². The van der Waals surface area contributed by atoms with Crippen molar-refractivity contribution in [1.82, 2.24) is 0 Å². The van der Waals surface area contributed by atoms with E-state index >= 15 is 0 Å². The first-order valence-electron chi connectivity index (χ1n) is 5.38. The van der Waals surface area contributed by atoms with E-state index in [2.05, 4.69) is 10.3 Å². The Morgan fingerprint density at radius 2 is 1.94 bits per heavy atom. The minimum Gasteiger partial charge on any atom is -0.479 e. The highest BCUT2D eigenvalue weighted by molar-refractivity contribution is 7.91. The molecule has 100 valence electrons. The summed E-state index contributed by atoms with van der Waals surface area (Å²) in [6.45, 7) is 1.32. The van der Waals surface area contributed by atoms with E-state index in [1.54, 1.807) is 6.92 Å². The number of benzene rings is 1. The molecule has 0 bridgehead atoms. The molecule has 1 aromatic carbocycles. The summed E-state index contributed by atoms with van der Waals surface area (Å²) in [5.74, 6) is -0.986. The van der Waals surface area contributed by atoms with Crippen molar-refractivity contribution in [1.29, 1.82) is 0 Å². The van der Waals surface area contributed by atoms with Crippen molar-refractivity contribution in [3.8, 4) is 0 Å². The standard InChI is InChI=1S/C11H15NO5S/c1-2-7-18(15,16)10-5-3-9(4-6-10)12-17-8-11(13)14/h3-6,12H,2,7-8H2,1H3,(H,13,14). The first kappa shape index (κ1) is 14.5. The molecular weight excluding hydrogens is 258 g/mol. The smallest absolute Gasteiger partial charge is 0.332 e. The molecule has 0 aromatic heterocycles. The maximum Gasteiger partial charge on any atom is 0.332 e. The van der Waals surface area contributed by atoms with Crippen LogP contribution < -0.4 is 5.48 Å². The minimum absolute atomic E-state index is 0.106. The molecule has 0 aliphatic carbocycles. The third-order valence-corrected chi connectivity index (χ3v) is 4.01. The summed E-state index contributed by atoms with van der Waals surface area (Å²) < 4.78 is 23.4. The SMILES string of the molecule is CCCS(=O)(=O)c1ccc(NOCC(=O)O)cc1. The number of aliphatic carboxylic acids is 1. The van der Waals surface area contributed by atoms with Gasteiger partial charge in [-0.3, -0.25) is 10.3 Å². The summed E-state index contributed by atoms with van der Waals surface area (Å²) in [5.41, 5.74) is 2.90. The van der Waals surface area contributed by atoms with Crippen LogP contribution in [0.5, 0.6) is 0 Å². The Morgan fingerprint density at radius 1 is 1.33 bits per heavy atom. The van der Waals surface area contributed by atoms with Gasteiger partial charge >= 0.3 is 5.97 Å². The van der Waals surface area contributed by atoms with Crippen LogP contribution in [0.4, 0.5) is 5.69 Å². The number of carboxylic acids is 1. The molecule has 1 rings (SSSR count). The van der Waals surface area contributed by atoms with Gasteiger partial charge in [0.05, 0.1) is 16.3 Å². The Bertz CT molecular complexity index is 495. The molecule has 0 radical (unpaired) electrons. The monoisotopic (exact) mass is 273 g/mol. The van der Waals surface area contributed by atoms with Crippen LogP contribution in [0, 0.1) is 0 Å². The molecule has 1 aromatic rings. The Kier molecular flexibility index (Phi) is 5.11. The van der Waals surface area contributed by atoms with E-state index in [1.807, 2.05) is 0 Å². The highest BCUT2D eigenvalue weighted by Crippen LogP contribution is 2.15. The van der Waals surface area contributed by atoms with Crippen molar-refractivity contribution in [3.63, 3.8) is 0 Å². The van der Waals surface area contributed by atoms with Crippen LogP contribution >= 0.6 is 0 Å². The van der Waals surface area contributed by atoms with Gasteiger partial charge < -0.3 is 5.11 Å². The second-order valence-corrected chi connectivity index (χ2v) is 5.74. The molecule has 0 saturated carbocycles. The van der Waals surface area contributed by atoms with Gasteiger partial charge in [0, 0.05) is 0 Å². The molecule has 0 heterocycles. The Hall–Kier alpha value is -1.60. The van der Waals surface area contributed by atoms with Crippen LogP contribution in [0.2, 0.25) is 0 Å². The van der Waals surface area contributed by atoms with Crippen molar-refractivity contribution in [2.24, 2.45) is 0 Å². The number of hydrogen-bond donors (Lipinski definition) is 2. The molecule has 0 amide bonds. The fourth-order valence-electron chi connectivity index (χ4n) is 1.30. The Labute approximate surface area is 105 Å². The number of hydrogen-bond acceptors (Lipinski definition) is 5. The maximum atomic E-state index is 11.7. The molecule has 0 aliphatic rings. The fourth-order valence-corrected chi connectivity index (χ4v) is 2.62. The van der Waals surface area contributed by atoms with Gasteiger partial charge in [0.2, 0.25) is 0 Å². The van der Waals surface area contributed by atoms with Crippen LogP contribution in [0.1, 0.15) is 13.3 Å². The third-order valence-electron chi connectivity index (χ3n) is 2.07. The molecule has 18 heavy (non-hydrogen) atoms. The zero-order chi connectivity index (χ0) is 13.6. The largest absolute Gasteiger partial charge is 0.479 e. The minimum atomic E-state index is -3.22. The average Bonchev–Trinajstić information content (AvgIpc) is 2.29. The highest BCUT2D eigenvalue weighted by atomic mass is 32.2. The zero-order valence-corrected chi connectivity index (χ0v) is 10.7. The third kappa shape index (κ3) is 4.34. The summed E-state index contributed by atoms with van der Waals surface area (Å²) in [6, 6.07) is 5.95. The number of carbonyl (C=O) groups is 1. The number of nitrogens with one attached hydrogen (secondary N) is 1. The first-order chi connectivity index (χ1) is 8.45. The predicted octanol–water partition coefficient (Wildman–Crippen LogP) is 1.30. The predicted molar refractivity (Wildman–Crippen MR) is 66.0 cm³/mol. The zero-order valence-electron chi connectivity index (χ0n) is 9.92.